The fourth-order valence-electron chi connectivity index (χ4n) is 3.12. The number of esters is 1. The molecule has 0 bridgehead atoms. The van der Waals surface area contributed by atoms with E-state index in [0.29, 0.717) is 5.56 Å². The molecule has 0 spiro atoms. The van der Waals surface area contributed by atoms with Gasteiger partial charge in [-0.2, -0.15) is 0 Å². The minimum Gasteiger partial charge on any atom is -0.456 e. The van der Waals surface area contributed by atoms with Crippen LogP contribution in [0.5, 0.6) is 0 Å². The molecule has 0 unspecified atom stereocenters. The summed E-state index contributed by atoms with van der Waals surface area (Å²) in [6.45, 7) is 7.71. The van der Waals surface area contributed by atoms with Crippen LogP contribution >= 0.6 is 0 Å². The molecule has 0 saturated heterocycles. The van der Waals surface area contributed by atoms with Gasteiger partial charge in [-0.1, -0.05) is 26.0 Å². The smallest absolute Gasteiger partial charge is 0.308 e. The van der Waals surface area contributed by atoms with E-state index in [4.69, 9.17) is 4.74 Å². The van der Waals surface area contributed by atoms with Gasteiger partial charge in [0.05, 0.1) is 17.9 Å². The topological polar surface area (TPSA) is 105 Å². The van der Waals surface area contributed by atoms with Crippen molar-refractivity contribution in [1.29, 1.82) is 0 Å². The van der Waals surface area contributed by atoms with Crippen molar-refractivity contribution >= 4 is 27.7 Å². The molecule has 1 amide bonds. The average molecular weight is 424 g/mol. The fourth-order valence-corrected chi connectivity index (χ4v) is 4.37. The van der Waals surface area contributed by atoms with Crippen molar-refractivity contribution in [2.75, 3.05) is 13.2 Å². The first-order chi connectivity index (χ1) is 13.7. The number of aliphatic imine (C=N–C) groups is 1. The fraction of sp³-hybridized carbons (Fsp3) is 0.550. The predicted molar refractivity (Wildman–Crippen MR) is 110 cm³/mol. The summed E-state index contributed by atoms with van der Waals surface area (Å²) >= 11 is 0. The summed E-state index contributed by atoms with van der Waals surface area (Å²) in [5.74, 6) is -0.555. The summed E-state index contributed by atoms with van der Waals surface area (Å²) < 4.78 is 31.6. The number of nitrogens with zero attached hydrogens (tertiary/aromatic N) is 2. The van der Waals surface area contributed by atoms with Crippen LogP contribution < -0.4 is 4.72 Å². The number of carbonyl (C=O) groups is 2. The molecule has 0 aliphatic carbocycles. The summed E-state index contributed by atoms with van der Waals surface area (Å²) in [5, 5.41) is 0. The molecule has 1 aromatic carbocycles. The highest BCUT2D eigenvalue weighted by Crippen LogP contribution is 2.22. The standard InChI is InChI=1S/C20H29N3O5S/c1-5-14(3)23(15(4)6-2)18(24)13-28-19(25)11-12-21-20-16-9-7-8-10-17(16)29(26,27)22-20/h7-10,14-15H,5-6,11-13H2,1-4H3,(H,21,22)/t14-,15+. The number of fused-ring (bicyclic) bond motifs is 1. The highest BCUT2D eigenvalue weighted by Gasteiger charge is 2.30. The molecule has 0 saturated carbocycles. The predicted octanol–water partition coefficient (Wildman–Crippen LogP) is 2.08. The van der Waals surface area contributed by atoms with E-state index in [0.717, 1.165) is 12.8 Å². The van der Waals surface area contributed by atoms with E-state index in [1.165, 1.54) is 6.07 Å². The Morgan fingerprint density at radius 3 is 2.38 bits per heavy atom. The monoisotopic (exact) mass is 423 g/mol. The number of hydrogen-bond donors (Lipinski definition) is 1. The Morgan fingerprint density at radius 1 is 1.14 bits per heavy atom. The van der Waals surface area contributed by atoms with Gasteiger partial charge in [-0.05, 0) is 38.8 Å². The zero-order chi connectivity index (χ0) is 21.6. The normalized spacial score (nSPS) is 17.9. The van der Waals surface area contributed by atoms with E-state index in [9.17, 15) is 18.0 Å². The number of ether oxygens (including phenoxy) is 1. The molecule has 0 radical (unpaired) electrons. The highest BCUT2D eigenvalue weighted by atomic mass is 32.2. The second-order valence-electron chi connectivity index (χ2n) is 7.06. The molecule has 1 aliphatic heterocycles. The molecule has 1 N–H and O–H groups in total. The molecule has 9 heteroatoms. The first-order valence-corrected chi connectivity index (χ1v) is 11.3. The average Bonchev–Trinajstić information content (AvgIpc) is 2.96. The number of nitrogens with one attached hydrogen (secondary N) is 1. The molecule has 8 nitrogen and oxygen atoms in total. The van der Waals surface area contributed by atoms with Gasteiger partial charge in [0.2, 0.25) is 0 Å². The maximum atomic E-state index is 12.5. The lowest BCUT2D eigenvalue weighted by Crippen LogP contribution is -2.46. The van der Waals surface area contributed by atoms with Crippen LogP contribution in [0.1, 0.15) is 52.5 Å². The van der Waals surface area contributed by atoms with Crippen molar-refractivity contribution in [3.63, 3.8) is 0 Å². The van der Waals surface area contributed by atoms with E-state index < -0.39 is 16.0 Å². The van der Waals surface area contributed by atoms with Crippen molar-refractivity contribution in [2.24, 2.45) is 4.99 Å². The molecule has 0 fully saturated rings. The number of rotatable bonds is 9. The van der Waals surface area contributed by atoms with Crippen molar-refractivity contribution in [3.05, 3.63) is 29.8 Å². The van der Waals surface area contributed by atoms with Gasteiger partial charge in [-0.15, -0.1) is 0 Å². The Labute approximate surface area is 172 Å². The van der Waals surface area contributed by atoms with Crippen LogP contribution in [-0.2, 0) is 24.3 Å². The van der Waals surface area contributed by atoms with Crippen molar-refractivity contribution in [2.45, 2.75) is 63.9 Å². The van der Waals surface area contributed by atoms with Crippen molar-refractivity contribution < 1.29 is 22.7 Å². The summed E-state index contributed by atoms with van der Waals surface area (Å²) in [4.78, 5) is 30.6. The van der Waals surface area contributed by atoms with E-state index in [1.807, 2.05) is 27.7 Å². The van der Waals surface area contributed by atoms with Gasteiger partial charge in [0.15, 0.2) is 6.61 Å². The zero-order valence-electron chi connectivity index (χ0n) is 17.3. The van der Waals surface area contributed by atoms with E-state index >= 15 is 0 Å². The number of hydrogen-bond acceptors (Lipinski definition) is 6. The van der Waals surface area contributed by atoms with Gasteiger partial charge >= 0.3 is 5.97 Å². The van der Waals surface area contributed by atoms with Crippen LogP contribution in [0.3, 0.4) is 0 Å². The van der Waals surface area contributed by atoms with Crippen LogP contribution in [0.15, 0.2) is 34.2 Å². The summed E-state index contributed by atoms with van der Waals surface area (Å²) in [5.41, 5.74) is 0.480. The Balaban J connectivity index is 1.89. The number of amidine groups is 1. The summed E-state index contributed by atoms with van der Waals surface area (Å²) in [7, 11) is -3.61. The molecule has 1 heterocycles. The quantitative estimate of drug-likeness (QED) is 0.612. The Morgan fingerprint density at radius 2 is 1.76 bits per heavy atom. The summed E-state index contributed by atoms with van der Waals surface area (Å²) in [6.07, 6.45) is 1.59. The molecule has 29 heavy (non-hydrogen) atoms. The van der Waals surface area contributed by atoms with Crippen LogP contribution in [-0.4, -0.2) is 56.3 Å². The van der Waals surface area contributed by atoms with Gasteiger partial charge in [0, 0.05) is 17.6 Å². The lowest BCUT2D eigenvalue weighted by Gasteiger charge is -2.33. The number of sulfonamides is 1. The van der Waals surface area contributed by atoms with Crippen molar-refractivity contribution in [3.8, 4) is 0 Å². The van der Waals surface area contributed by atoms with Gasteiger partial charge in [-0.25, -0.2) is 8.42 Å². The van der Waals surface area contributed by atoms with Gasteiger partial charge in [-0.3, -0.25) is 19.3 Å². The number of carbonyl (C=O) groups excluding carboxylic acids is 2. The zero-order valence-corrected chi connectivity index (χ0v) is 18.2. The molecule has 2 rings (SSSR count). The third-order valence-electron chi connectivity index (χ3n) is 5.02. The Kier molecular flexibility index (Phi) is 7.78. The van der Waals surface area contributed by atoms with Crippen LogP contribution in [0.25, 0.3) is 0 Å². The van der Waals surface area contributed by atoms with Crippen LogP contribution in [0.4, 0.5) is 0 Å². The first-order valence-electron chi connectivity index (χ1n) is 9.84. The van der Waals surface area contributed by atoms with E-state index in [1.54, 1.807) is 23.1 Å². The largest absolute Gasteiger partial charge is 0.456 e. The third-order valence-corrected chi connectivity index (χ3v) is 6.42. The Bertz CT molecular complexity index is 872. The summed E-state index contributed by atoms with van der Waals surface area (Å²) in [6, 6.07) is 6.65. The lowest BCUT2D eigenvalue weighted by atomic mass is 10.1. The molecule has 1 aromatic rings. The molecule has 160 valence electrons. The molecule has 0 aromatic heterocycles. The second-order valence-corrected chi connectivity index (χ2v) is 8.71. The number of benzene rings is 1. The van der Waals surface area contributed by atoms with Crippen molar-refractivity contribution in [1.82, 2.24) is 9.62 Å². The minimum atomic E-state index is -3.61. The molecular weight excluding hydrogens is 394 g/mol. The van der Waals surface area contributed by atoms with Gasteiger partial charge in [0.25, 0.3) is 15.9 Å². The van der Waals surface area contributed by atoms with Crippen LogP contribution in [0, 0.1) is 0 Å². The molecular formula is C20H29N3O5S. The van der Waals surface area contributed by atoms with Gasteiger partial charge < -0.3 is 9.64 Å². The van der Waals surface area contributed by atoms with Gasteiger partial charge in [0.1, 0.15) is 5.84 Å². The maximum Gasteiger partial charge on any atom is 0.308 e. The second kappa shape index (κ2) is 9.87. The third kappa shape index (κ3) is 5.56. The highest BCUT2D eigenvalue weighted by molar-refractivity contribution is 7.90. The van der Waals surface area contributed by atoms with E-state index in [2.05, 4.69) is 9.71 Å². The first kappa shape index (κ1) is 22.9. The minimum absolute atomic E-state index is 0.0483. The SMILES string of the molecule is CC[C@@H](C)N(C(=O)COC(=O)CCN=C1NS(=O)(=O)c2ccccc21)[C@@H](C)CC. The number of amides is 1. The maximum absolute atomic E-state index is 12.5. The molecule has 2 atom stereocenters. The van der Waals surface area contributed by atoms with Crippen LogP contribution in [0.2, 0.25) is 0 Å². The lowest BCUT2D eigenvalue weighted by molar-refractivity contribution is -0.154. The van der Waals surface area contributed by atoms with E-state index in [-0.39, 0.29) is 48.3 Å². The Hall–Kier alpha value is -2.42. The molecule has 1 aliphatic rings.